The Balaban J connectivity index is 1.71. The fourth-order valence-corrected chi connectivity index (χ4v) is 3.88. The van der Waals surface area contributed by atoms with Gasteiger partial charge in [0.2, 0.25) is 0 Å². The number of hydrogen-bond acceptors (Lipinski definition) is 4. The van der Waals surface area contributed by atoms with Crippen LogP contribution in [-0.4, -0.2) is 27.6 Å². The average molecular weight is 370 g/mol. The monoisotopic (exact) mass is 369 g/mol. The predicted octanol–water partition coefficient (Wildman–Crippen LogP) is 3.34. The van der Waals surface area contributed by atoms with Crippen LogP contribution in [0.4, 0.5) is 4.39 Å². The molecule has 0 spiro atoms. The Kier molecular flexibility index (Phi) is 4.50. The molecule has 1 saturated carbocycles. The number of hydrogen-bond donors (Lipinski definition) is 1. The molecule has 2 N–H and O–H groups in total. The van der Waals surface area contributed by atoms with Crippen molar-refractivity contribution < 1.29 is 9.18 Å². The van der Waals surface area contributed by atoms with E-state index in [-0.39, 0.29) is 17.5 Å². The highest BCUT2D eigenvalue weighted by molar-refractivity contribution is 6.71. The van der Waals surface area contributed by atoms with Crippen molar-refractivity contribution in [2.75, 3.05) is 0 Å². The van der Waals surface area contributed by atoms with E-state index in [4.69, 9.17) is 17.2 Å². The molecule has 1 aliphatic carbocycles. The van der Waals surface area contributed by atoms with Gasteiger partial charge in [0, 0.05) is 24.2 Å². The Morgan fingerprint density at radius 1 is 1.38 bits per heavy atom. The zero-order chi connectivity index (χ0) is 18.3. The van der Waals surface area contributed by atoms with Crippen LogP contribution >= 0.6 is 11.6 Å². The molecular formula is C18H16BClFN4O. The van der Waals surface area contributed by atoms with Gasteiger partial charge in [0.05, 0.1) is 5.39 Å². The number of nitrogens with two attached hydrogens (primary N) is 1. The van der Waals surface area contributed by atoms with E-state index in [2.05, 4.69) is 14.5 Å². The lowest BCUT2D eigenvalue weighted by atomic mass is 9.72. The first-order chi connectivity index (χ1) is 12.6. The summed E-state index contributed by atoms with van der Waals surface area (Å²) in [5.41, 5.74) is 7.51. The number of fused-ring (bicyclic) bond motifs is 1. The lowest BCUT2D eigenvalue weighted by Crippen LogP contribution is -2.31. The summed E-state index contributed by atoms with van der Waals surface area (Å²) in [6, 6.07) is 6.61. The standard InChI is InChI=1S/C18H16BClFN4O/c20-17-16-14(11-2-1-3-12(21)7-11)8-25(18(16)24-9-23-17)13-4-10(5-13)6-15(26)19-22/h1-3,7-10,13H,4-6,22H2. The van der Waals surface area contributed by atoms with E-state index in [0.717, 1.165) is 42.4 Å². The summed E-state index contributed by atoms with van der Waals surface area (Å²) in [4.78, 5) is 20.0. The van der Waals surface area contributed by atoms with Crippen LogP contribution in [0.25, 0.3) is 22.2 Å². The van der Waals surface area contributed by atoms with Crippen LogP contribution in [0.3, 0.4) is 0 Å². The van der Waals surface area contributed by atoms with E-state index >= 15 is 0 Å². The maximum Gasteiger partial charge on any atom is 0.292 e. The first-order valence-corrected chi connectivity index (χ1v) is 8.79. The van der Waals surface area contributed by atoms with Crippen molar-refractivity contribution in [1.82, 2.24) is 14.5 Å². The normalized spacial score (nSPS) is 19.3. The quantitative estimate of drug-likeness (QED) is 0.553. The Labute approximate surface area is 155 Å². The number of benzene rings is 1. The van der Waals surface area contributed by atoms with E-state index in [0.29, 0.717) is 17.5 Å². The van der Waals surface area contributed by atoms with Gasteiger partial charge in [0.15, 0.2) is 0 Å². The van der Waals surface area contributed by atoms with Crippen LogP contribution in [0.2, 0.25) is 5.15 Å². The zero-order valence-corrected chi connectivity index (χ0v) is 14.7. The number of carbonyl (C=O) groups is 1. The van der Waals surface area contributed by atoms with Crippen molar-refractivity contribution in [2.24, 2.45) is 11.6 Å². The third kappa shape index (κ3) is 3.01. The summed E-state index contributed by atoms with van der Waals surface area (Å²) in [6.45, 7) is 0. The SMILES string of the molecule is N[B]C(=O)CC1CC(n2cc(-c3cccc(F)c3)c3c(Cl)ncnc32)C1. The molecule has 2 aromatic heterocycles. The molecule has 5 nitrogen and oxygen atoms in total. The Bertz CT molecular complexity index is 986. The van der Waals surface area contributed by atoms with Crippen LogP contribution in [0.5, 0.6) is 0 Å². The average Bonchev–Trinajstić information content (AvgIpc) is 2.98. The third-order valence-corrected chi connectivity index (χ3v) is 5.27. The minimum Gasteiger partial charge on any atom is -0.368 e. The molecule has 1 radical (unpaired) electrons. The highest BCUT2D eigenvalue weighted by Gasteiger charge is 2.33. The molecule has 1 aromatic carbocycles. The largest absolute Gasteiger partial charge is 0.368 e. The molecule has 0 amide bonds. The zero-order valence-electron chi connectivity index (χ0n) is 13.9. The minimum absolute atomic E-state index is 0.0309. The Morgan fingerprint density at radius 3 is 2.92 bits per heavy atom. The lowest BCUT2D eigenvalue weighted by Gasteiger charge is -2.36. The van der Waals surface area contributed by atoms with E-state index < -0.39 is 0 Å². The molecular weight excluding hydrogens is 353 g/mol. The maximum atomic E-state index is 13.7. The molecule has 8 heteroatoms. The first kappa shape index (κ1) is 17.2. The predicted molar refractivity (Wildman–Crippen MR) is 99.3 cm³/mol. The topological polar surface area (TPSA) is 73.8 Å². The van der Waals surface area contributed by atoms with Crippen molar-refractivity contribution in [3.05, 3.63) is 47.8 Å². The van der Waals surface area contributed by atoms with Gasteiger partial charge in [-0.1, -0.05) is 23.7 Å². The Morgan fingerprint density at radius 2 is 2.19 bits per heavy atom. The molecule has 0 saturated heterocycles. The van der Waals surface area contributed by atoms with Crippen LogP contribution < -0.4 is 5.64 Å². The van der Waals surface area contributed by atoms with Gasteiger partial charge in [-0.3, -0.25) is 0 Å². The molecule has 0 unspecified atom stereocenters. The highest BCUT2D eigenvalue weighted by atomic mass is 35.5. The van der Waals surface area contributed by atoms with E-state index in [1.54, 1.807) is 6.07 Å². The minimum atomic E-state index is -0.309. The second-order valence-corrected chi connectivity index (χ2v) is 7.01. The van der Waals surface area contributed by atoms with E-state index in [9.17, 15) is 9.18 Å². The summed E-state index contributed by atoms with van der Waals surface area (Å²) in [7, 11) is 1.13. The van der Waals surface area contributed by atoms with Gasteiger partial charge in [-0.2, -0.15) is 0 Å². The summed E-state index contributed by atoms with van der Waals surface area (Å²) in [6.07, 6.45) is 5.59. The number of carbonyl (C=O) groups excluding carboxylic acids is 1. The number of rotatable bonds is 5. The van der Waals surface area contributed by atoms with Crippen LogP contribution in [-0.2, 0) is 4.79 Å². The van der Waals surface area contributed by atoms with Gasteiger partial charge >= 0.3 is 0 Å². The molecule has 3 aromatic rings. The van der Waals surface area contributed by atoms with Gasteiger partial charge in [-0.25, -0.2) is 14.4 Å². The fourth-order valence-electron chi connectivity index (χ4n) is 3.65. The molecule has 1 aliphatic rings. The fraction of sp³-hybridized carbons (Fsp3) is 0.278. The van der Waals surface area contributed by atoms with Crippen molar-refractivity contribution in [1.29, 1.82) is 0 Å². The second-order valence-electron chi connectivity index (χ2n) is 6.65. The smallest absolute Gasteiger partial charge is 0.292 e. The molecule has 1 fully saturated rings. The van der Waals surface area contributed by atoms with Crippen LogP contribution in [0, 0.1) is 11.7 Å². The molecule has 2 heterocycles. The van der Waals surface area contributed by atoms with Crippen molar-refractivity contribution in [2.45, 2.75) is 25.3 Å². The molecule has 131 valence electrons. The summed E-state index contributed by atoms with van der Waals surface area (Å²) in [5, 5.41) is 1.06. The van der Waals surface area contributed by atoms with Gasteiger partial charge < -0.3 is 15.0 Å². The van der Waals surface area contributed by atoms with Gasteiger partial charge in [0.1, 0.15) is 28.6 Å². The summed E-state index contributed by atoms with van der Waals surface area (Å²) in [5.74, 6) is 0.0105. The number of nitrogens with zero attached hydrogens (tertiary/aromatic N) is 3. The first-order valence-electron chi connectivity index (χ1n) is 8.41. The molecule has 4 rings (SSSR count). The molecule has 0 aliphatic heterocycles. The molecule has 0 bridgehead atoms. The Hall–Kier alpha value is -2.25. The molecule has 0 atom stereocenters. The molecule has 26 heavy (non-hydrogen) atoms. The van der Waals surface area contributed by atoms with Crippen molar-refractivity contribution in [3.8, 4) is 11.1 Å². The van der Waals surface area contributed by atoms with Crippen LogP contribution in [0.15, 0.2) is 36.8 Å². The maximum absolute atomic E-state index is 13.7. The van der Waals surface area contributed by atoms with Crippen molar-refractivity contribution in [3.63, 3.8) is 0 Å². The lowest BCUT2D eigenvalue weighted by molar-refractivity contribution is -0.113. The van der Waals surface area contributed by atoms with Gasteiger partial charge in [-0.05, 0) is 36.5 Å². The third-order valence-electron chi connectivity index (χ3n) is 4.98. The van der Waals surface area contributed by atoms with E-state index in [1.807, 2.05) is 12.3 Å². The second kappa shape index (κ2) is 6.81. The number of aromatic nitrogens is 3. The highest BCUT2D eigenvalue weighted by Crippen LogP contribution is 2.44. The van der Waals surface area contributed by atoms with Crippen molar-refractivity contribution >= 4 is 35.7 Å². The summed E-state index contributed by atoms with van der Waals surface area (Å²) >= 11 is 6.33. The van der Waals surface area contributed by atoms with Gasteiger partial charge in [-0.15, -0.1) is 0 Å². The van der Waals surface area contributed by atoms with Crippen LogP contribution in [0.1, 0.15) is 25.3 Å². The van der Waals surface area contributed by atoms with Gasteiger partial charge in [0.25, 0.3) is 7.41 Å². The summed E-state index contributed by atoms with van der Waals surface area (Å²) < 4.78 is 15.8. The van der Waals surface area contributed by atoms with E-state index in [1.165, 1.54) is 18.5 Å². The number of halogens is 2.